The van der Waals surface area contributed by atoms with Gasteiger partial charge in [0.05, 0.1) is 34.8 Å². The predicted molar refractivity (Wildman–Crippen MR) is 95.8 cm³/mol. The summed E-state index contributed by atoms with van der Waals surface area (Å²) in [5, 5.41) is 2.86. The second-order valence-corrected chi connectivity index (χ2v) is 6.46. The van der Waals surface area contributed by atoms with Crippen LogP contribution in [0.3, 0.4) is 0 Å². The van der Waals surface area contributed by atoms with E-state index in [1.807, 2.05) is 0 Å². The molecule has 0 spiro atoms. The number of carbonyl (C=O) groups is 1. The molecule has 134 valence electrons. The fourth-order valence-corrected chi connectivity index (χ4v) is 3.26. The lowest BCUT2D eigenvalue weighted by molar-refractivity contribution is 0.102. The lowest BCUT2D eigenvalue weighted by Gasteiger charge is -2.14. The van der Waals surface area contributed by atoms with Crippen molar-refractivity contribution in [2.75, 3.05) is 19.5 Å². The van der Waals surface area contributed by atoms with E-state index in [0.29, 0.717) is 0 Å². The van der Waals surface area contributed by atoms with E-state index >= 15 is 0 Å². The van der Waals surface area contributed by atoms with Crippen molar-refractivity contribution in [1.29, 1.82) is 0 Å². The SMILES string of the molecule is COc1cc(C(=O)Nc2cccc(Cl)c2SC(F)F)cc(Cl)c1OC. The molecular weight excluding hydrogens is 395 g/mol. The molecule has 0 aliphatic heterocycles. The number of hydrogen-bond donors (Lipinski definition) is 1. The molecule has 2 aromatic carbocycles. The standard InChI is InChI=1S/C16H13Cl2F2NO3S/c1-23-12-7-8(6-10(18)13(12)24-2)15(22)21-11-5-3-4-9(17)14(11)25-16(19)20/h3-7,16H,1-2H3,(H,21,22). The van der Waals surface area contributed by atoms with Gasteiger partial charge in [0.1, 0.15) is 0 Å². The molecule has 0 aliphatic carbocycles. The topological polar surface area (TPSA) is 47.6 Å². The third-order valence-corrected chi connectivity index (χ3v) is 4.68. The summed E-state index contributed by atoms with van der Waals surface area (Å²) in [4.78, 5) is 12.6. The monoisotopic (exact) mass is 407 g/mol. The van der Waals surface area contributed by atoms with Crippen LogP contribution in [0.5, 0.6) is 11.5 Å². The molecule has 0 atom stereocenters. The van der Waals surface area contributed by atoms with Gasteiger partial charge in [0.15, 0.2) is 11.5 Å². The first kappa shape index (κ1) is 19.6. The van der Waals surface area contributed by atoms with Crippen molar-refractivity contribution in [3.63, 3.8) is 0 Å². The summed E-state index contributed by atoms with van der Waals surface area (Å²) in [5.74, 6) is -2.67. The molecule has 1 N–H and O–H groups in total. The van der Waals surface area contributed by atoms with Gasteiger partial charge in [-0.1, -0.05) is 41.0 Å². The molecule has 0 aromatic heterocycles. The van der Waals surface area contributed by atoms with Gasteiger partial charge < -0.3 is 14.8 Å². The number of amides is 1. The van der Waals surface area contributed by atoms with E-state index < -0.39 is 11.7 Å². The number of anilines is 1. The molecule has 0 saturated carbocycles. The van der Waals surface area contributed by atoms with Crippen molar-refractivity contribution < 1.29 is 23.0 Å². The van der Waals surface area contributed by atoms with Gasteiger partial charge in [-0.2, -0.15) is 8.78 Å². The molecule has 0 saturated heterocycles. The van der Waals surface area contributed by atoms with Gasteiger partial charge in [-0.3, -0.25) is 4.79 Å². The van der Waals surface area contributed by atoms with E-state index in [1.54, 1.807) is 6.07 Å². The molecule has 4 nitrogen and oxygen atoms in total. The number of ether oxygens (including phenoxy) is 2. The fraction of sp³-hybridized carbons (Fsp3) is 0.188. The molecule has 0 unspecified atom stereocenters. The molecule has 25 heavy (non-hydrogen) atoms. The van der Waals surface area contributed by atoms with Crippen molar-refractivity contribution in [1.82, 2.24) is 0 Å². The number of thioether (sulfide) groups is 1. The van der Waals surface area contributed by atoms with Crippen LogP contribution in [-0.2, 0) is 0 Å². The van der Waals surface area contributed by atoms with Crippen LogP contribution in [0.25, 0.3) is 0 Å². The van der Waals surface area contributed by atoms with Gasteiger partial charge in [0.2, 0.25) is 0 Å². The highest BCUT2D eigenvalue weighted by Gasteiger charge is 2.18. The minimum absolute atomic E-state index is 0.0825. The number of benzene rings is 2. The Labute approximate surface area is 157 Å². The summed E-state index contributed by atoms with van der Waals surface area (Å²) in [6, 6.07) is 7.33. The van der Waals surface area contributed by atoms with Gasteiger partial charge in [-0.15, -0.1) is 0 Å². The van der Waals surface area contributed by atoms with Crippen LogP contribution in [-0.4, -0.2) is 25.9 Å². The average Bonchev–Trinajstić information content (AvgIpc) is 2.56. The van der Waals surface area contributed by atoms with Crippen LogP contribution >= 0.6 is 35.0 Å². The Hall–Kier alpha value is -1.70. The summed E-state index contributed by atoms with van der Waals surface area (Å²) in [6.07, 6.45) is 0. The number of nitrogens with one attached hydrogen (secondary N) is 1. The third kappa shape index (κ3) is 4.68. The lowest BCUT2D eigenvalue weighted by atomic mass is 10.1. The zero-order valence-electron chi connectivity index (χ0n) is 13.1. The Kier molecular flexibility index (Phi) is 6.75. The Morgan fingerprint density at radius 2 is 1.88 bits per heavy atom. The second-order valence-electron chi connectivity index (χ2n) is 4.64. The van der Waals surface area contributed by atoms with E-state index in [-0.39, 0.29) is 49.5 Å². The molecule has 0 radical (unpaired) electrons. The van der Waals surface area contributed by atoms with Crippen molar-refractivity contribution in [3.8, 4) is 11.5 Å². The van der Waals surface area contributed by atoms with Crippen molar-refractivity contribution in [2.45, 2.75) is 10.7 Å². The van der Waals surface area contributed by atoms with Crippen LogP contribution in [0.15, 0.2) is 35.2 Å². The average molecular weight is 408 g/mol. The second kappa shape index (κ2) is 8.60. The van der Waals surface area contributed by atoms with Gasteiger partial charge in [-0.05, 0) is 24.3 Å². The Morgan fingerprint density at radius 1 is 1.16 bits per heavy atom. The van der Waals surface area contributed by atoms with Crippen LogP contribution in [0, 0.1) is 0 Å². The highest BCUT2D eigenvalue weighted by molar-refractivity contribution is 7.99. The predicted octanol–water partition coefficient (Wildman–Crippen LogP) is 5.58. The number of carbonyl (C=O) groups excluding carboxylic acids is 1. The van der Waals surface area contributed by atoms with E-state index in [0.717, 1.165) is 0 Å². The smallest absolute Gasteiger partial charge is 0.289 e. The summed E-state index contributed by atoms with van der Waals surface area (Å²) in [6.45, 7) is 0. The largest absolute Gasteiger partial charge is 0.493 e. The van der Waals surface area contributed by atoms with Gasteiger partial charge >= 0.3 is 0 Å². The van der Waals surface area contributed by atoms with E-state index in [1.165, 1.54) is 38.5 Å². The van der Waals surface area contributed by atoms with E-state index in [9.17, 15) is 13.6 Å². The Morgan fingerprint density at radius 3 is 2.48 bits per heavy atom. The van der Waals surface area contributed by atoms with Crippen LogP contribution in [0.2, 0.25) is 10.0 Å². The van der Waals surface area contributed by atoms with Crippen molar-refractivity contribution in [2.24, 2.45) is 0 Å². The number of methoxy groups -OCH3 is 2. The maximum atomic E-state index is 12.7. The van der Waals surface area contributed by atoms with Crippen molar-refractivity contribution >= 4 is 46.6 Å². The molecule has 9 heteroatoms. The first-order valence-corrected chi connectivity index (χ1v) is 8.47. The molecule has 2 aromatic rings. The van der Waals surface area contributed by atoms with Gasteiger partial charge in [0, 0.05) is 5.56 Å². The highest BCUT2D eigenvalue weighted by Crippen LogP contribution is 2.39. The first-order chi connectivity index (χ1) is 11.9. The van der Waals surface area contributed by atoms with E-state index in [4.69, 9.17) is 32.7 Å². The molecule has 2 rings (SSSR count). The summed E-state index contributed by atoms with van der Waals surface area (Å²) in [5.41, 5.74) is 0.351. The van der Waals surface area contributed by atoms with Crippen LogP contribution in [0.4, 0.5) is 14.5 Å². The first-order valence-electron chi connectivity index (χ1n) is 6.83. The highest BCUT2D eigenvalue weighted by atomic mass is 35.5. The molecule has 1 amide bonds. The molecule has 0 bridgehead atoms. The maximum absolute atomic E-state index is 12.7. The minimum atomic E-state index is -2.67. The molecular formula is C16H13Cl2F2NO3S. The van der Waals surface area contributed by atoms with Gasteiger partial charge in [0.25, 0.3) is 11.7 Å². The third-order valence-electron chi connectivity index (χ3n) is 3.12. The maximum Gasteiger partial charge on any atom is 0.289 e. The summed E-state index contributed by atoms with van der Waals surface area (Å²) >= 11 is 12.3. The molecule has 0 heterocycles. The quantitative estimate of drug-likeness (QED) is 0.635. The van der Waals surface area contributed by atoms with Gasteiger partial charge in [-0.25, -0.2) is 0 Å². The zero-order chi connectivity index (χ0) is 18.6. The normalized spacial score (nSPS) is 10.7. The van der Waals surface area contributed by atoms with E-state index in [2.05, 4.69) is 5.32 Å². The zero-order valence-corrected chi connectivity index (χ0v) is 15.4. The number of hydrogen-bond acceptors (Lipinski definition) is 4. The summed E-state index contributed by atoms with van der Waals surface area (Å²) in [7, 11) is 2.83. The van der Waals surface area contributed by atoms with Crippen LogP contribution in [0.1, 0.15) is 10.4 Å². The summed E-state index contributed by atoms with van der Waals surface area (Å²) < 4.78 is 35.7. The Bertz CT molecular complexity index is 790. The lowest BCUT2D eigenvalue weighted by Crippen LogP contribution is -2.13. The number of alkyl halides is 2. The number of rotatable bonds is 6. The Balaban J connectivity index is 2.35. The minimum Gasteiger partial charge on any atom is -0.493 e. The molecule has 0 aliphatic rings. The molecule has 0 fully saturated rings. The van der Waals surface area contributed by atoms with Crippen molar-refractivity contribution in [3.05, 3.63) is 45.9 Å². The van der Waals surface area contributed by atoms with Crippen LogP contribution < -0.4 is 14.8 Å². The number of halogens is 4. The fourth-order valence-electron chi connectivity index (χ4n) is 2.06.